The number of hydrogen-bond acceptors (Lipinski definition) is 3. The van der Waals surface area contributed by atoms with Gasteiger partial charge in [0, 0.05) is 0 Å². The summed E-state index contributed by atoms with van der Waals surface area (Å²) in [6.45, 7) is 1.94. The fraction of sp³-hybridized carbons (Fsp3) is 0.364. The van der Waals surface area contributed by atoms with Crippen LogP contribution in [0.5, 0.6) is 0 Å². The fourth-order valence-corrected chi connectivity index (χ4v) is 1.08. The lowest BCUT2D eigenvalue weighted by Gasteiger charge is -2.09. The quantitative estimate of drug-likeness (QED) is 0.743. The maximum Gasteiger partial charge on any atom is 0.308 e. The summed E-state index contributed by atoms with van der Waals surface area (Å²) < 4.78 is 12.3. The third-order valence-corrected chi connectivity index (χ3v) is 1.72. The van der Waals surface area contributed by atoms with Gasteiger partial charge in [-0.15, -0.1) is 0 Å². The molecule has 1 aromatic carbocycles. The van der Waals surface area contributed by atoms with Gasteiger partial charge < -0.3 is 9.84 Å². The van der Waals surface area contributed by atoms with E-state index in [4.69, 9.17) is 1.37 Å². The largest absolute Gasteiger partial charge is 0.466 e. The molecule has 0 heterocycles. The Bertz CT molecular complexity index is 322. The Balaban J connectivity index is 2.71. The van der Waals surface area contributed by atoms with Crippen LogP contribution in [-0.4, -0.2) is 17.7 Å². The molecule has 1 atom stereocenters. The minimum Gasteiger partial charge on any atom is -0.466 e. The Morgan fingerprint density at radius 2 is 2.21 bits per heavy atom. The average Bonchev–Trinajstić information content (AvgIpc) is 2.18. The number of benzene rings is 1. The number of aliphatic hydroxyl groups is 1. The highest BCUT2D eigenvalue weighted by Gasteiger charge is 2.12. The third kappa shape index (κ3) is 3.18. The van der Waals surface area contributed by atoms with Crippen LogP contribution in [-0.2, 0) is 9.53 Å². The molecule has 1 unspecified atom stereocenters. The molecule has 1 aromatic rings. The number of carbonyl (C=O) groups is 1. The third-order valence-electron chi connectivity index (χ3n) is 1.72. The van der Waals surface area contributed by atoms with Crippen LogP contribution in [0.1, 0.15) is 26.4 Å². The summed E-state index contributed by atoms with van der Waals surface area (Å²) in [5, 5.41) is 9.75. The molecule has 1 N–H and O–H groups in total. The zero-order valence-electron chi connectivity index (χ0n) is 9.06. The second kappa shape index (κ2) is 5.40. The van der Waals surface area contributed by atoms with Gasteiger partial charge in [0.25, 0.3) is 0 Å². The molecule has 0 saturated carbocycles. The first-order valence-electron chi connectivity index (χ1n) is 5.00. The summed E-state index contributed by atoms with van der Waals surface area (Å²) >= 11 is 0. The maximum atomic E-state index is 11.1. The van der Waals surface area contributed by atoms with Gasteiger partial charge in [-0.25, -0.2) is 0 Å². The van der Waals surface area contributed by atoms with E-state index >= 15 is 0 Å². The van der Waals surface area contributed by atoms with Gasteiger partial charge >= 0.3 is 5.97 Å². The standard InChI is InChI=1S/C11H14O3/c1-2-14-11(13)8-10(12)9-6-4-3-5-7-9/h3-7,10,12H,2,8H2,1H3/i10D. The number of ether oxygens (including phenoxy) is 1. The fourth-order valence-electron chi connectivity index (χ4n) is 1.08. The van der Waals surface area contributed by atoms with Gasteiger partial charge in [-0.1, -0.05) is 30.3 Å². The first kappa shape index (κ1) is 9.21. The Kier molecular flexibility index (Phi) is 3.55. The van der Waals surface area contributed by atoms with Crippen LogP contribution in [0.15, 0.2) is 30.3 Å². The number of rotatable bonds is 4. The average molecular weight is 195 g/mol. The summed E-state index contributed by atoms with van der Waals surface area (Å²) in [4.78, 5) is 11.1. The highest BCUT2D eigenvalue weighted by Crippen LogP contribution is 2.16. The summed E-state index contributed by atoms with van der Waals surface area (Å²) in [5.74, 6) is -0.571. The van der Waals surface area contributed by atoms with E-state index in [2.05, 4.69) is 4.74 Å². The summed E-state index contributed by atoms with van der Waals surface area (Å²) in [7, 11) is 0. The molecule has 0 amide bonds. The number of esters is 1. The molecule has 0 spiro atoms. The first-order chi connectivity index (χ1) is 7.06. The van der Waals surface area contributed by atoms with Crippen LogP contribution in [0.4, 0.5) is 0 Å². The smallest absolute Gasteiger partial charge is 0.308 e. The van der Waals surface area contributed by atoms with Crippen LogP contribution in [0, 0.1) is 0 Å². The SMILES string of the molecule is [2H]C(O)(CC(=O)OCC)c1ccccc1. The molecule has 0 aliphatic rings. The van der Waals surface area contributed by atoms with Crippen molar-refractivity contribution < 1.29 is 16.0 Å². The van der Waals surface area contributed by atoms with Crippen molar-refractivity contribution in [1.82, 2.24) is 0 Å². The molecule has 0 aliphatic heterocycles. The molecule has 76 valence electrons. The molecule has 0 aliphatic carbocycles. The number of carbonyl (C=O) groups excluding carboxylic acids is 1. The van der Waals surface area contributed by atoms with Crippen molar-refractivity contribution in [2.45, 2.75) is 19.4 Å². The van der Waals surface area contributed by atoms with Crippen molar-refractivity contribution in [1.29, 1.82) is 0 Å². The molecule has 1 rings (SSSR count). The minimum absolute atomic E-state index is 0.254. The van der Waals surface area contributed by atoms with Crippen molar-refractivity contribution >= 4 is 5.97 Å². The molecule has 0 saturated heterocycles. The van der Waals surface area contributed by atoms with Gasteiger partial charge in [0.1, 0.15) is 0 Å². The van der Waals surface area contributed by atoms with Crippen molar-refractivity contribution in [2.24, 2.45) is 0 Å². The van der Waals surface area contributed by atoms with E-state index in [0.29, 0.717) is 5.56 Å². The van der Waals surface area contributed by atoms with E-state index in [1.807, 2.05) is 0 Å². The van der Waals surface area contributed by atoms with Crippen LogP contribution in [0.25, 0.3) is 0 Å². The Morgan fingerprint density at radius 1 is 1.57 bits per heavy atom. The Labute approximate surface area is 84.7 Å². The molecule has 0 fully saturated rings. The van der Waals surface area contributed by atoms with E-state index in [1.165, 1.54) is 0 Å². The van der Waals surface area contributed by atoms with Crippen molar-refractivity contribution in [3.05, 3.63) is 35.9 Å². The van der Waals surface area contributed by atoms with Crippen LogP contribution < -0.4 is 0 Å². The van der Waals surface area contributed by atoms with E-state index < -0.39 is 12.0 Å². The van der Waals surface area contributed by atoms with E-state index in [9.17, 15) is 9.90 Å². The Morgan fingerprint density at radius 3 is 2.79 bits per heavy atom. The lowest BCUT2D eigenvalue weighted by atomic mass is 10.1. The highest BCUT2D eigenvalue weighted by molar-refractivity contribution is 5.70. The summed E-state index contributed by atoms with van der Waals surface area (Å²) in [6, 6.07) is 8.41. The van der Waals surface area contributed by atoms with E-state index in [1.54, 1.807) is 37.3 Å². The molecular weight excluding hydrogens is 180 g/mol. The maximum absolute atomic E-state index is 11.1. The summed E-state index contributed by atoms with van der Waals surface area (Å²) in [5.41, 5.74) is 0.387. The van der Waals surface area contributed by atoms with Gasteiger partial charge in [-0.2, -0.15) is 0 Å². The first-order valence-corrected chi connectivity index (χ1v) is 4.50. The molecule has 3 heteroatoms. The second-order valence-corrected chi connectivity index (χ2v) is 2.79. The van der Waals surface area contributed by atoms with E-state index in [-0.39, 0.29) is 13.0 Å². The predicted octanol–water partition coefficient (Wildman–Crippen LogP) is 1.67. The second-order valence-electron chi connectivity index (χ2n) is 2.79. The van der Waals surface area contributed by atoms with Gasteiger partial charge in [-0.05, 0) is 12.5 Å². The topological polar surface area (TPSA) is 46.5 Å². The Hall–Kier alpha value is -1.35. The van der Waals surface area contributed by atoms with Crippen molar-refractivity contribution in [2.75, 3.05) is 6.61 Å². The van der Waals surface area contributed by atoms with Gasteiger partial charge in [-0.3, -0.25) is 4.79 Å². The van der Waals surface area contributed by atoms with Crippen molar-refractivity contribution in [3.63, 3.8) is 0 Å². The number of hydrogen-bond donors (Lipinski definition) is 1. The van der Waals surface area contributed by atoms with Gasteiger partial charge in [0.05, 0.1) is 20.5 Å². The van der Waals surface area contributed by atoms with Crippen molar-refractivity contribution in [3.8, 4) is 0 Å². The molecule has 0 aromatic heterocycles. The summed E-state index contributed by atoms with van der Waals surface area (Å²) in [6.07, 6.45) is -2.27. The van der Waals surface area contributed by atoms with E-state index in [0.717, 1.165) is 0 Å². The molecule has 14 heavy (non-hydrogen) atoms. The molecule has 0 radical (unpaired) electrons. The normalized spacial score (nSPS) is 15.4. The minimum atomic E-state index is -1.91. The van der Waals surface area contributed by atoms with Crippen LogP contribution in [0.2, 0.25) is 0 Å². The van der Waals surface area contributed by atoms with Crippen LogP contribution >= 0.6 is 0 Å². The molecule has 0 bridgehead atoms. The lowest BCUT2D eigenvalue weighted by molar-refractivity contribution is -0.145. The lowest BCUT2D eigenvalue weighted by Crippen LogP contribution is -2.09. The zero-order chi connectivity index (χ0) is 11.3. The van der Waals surface area contributed by atoms with Gasteiger partial charge in [0.2, 0.25) is 0 Å². The molecular formula is C11H14O3. The molecule has 3 nitrogen and oxygen atoms in total. The highest BCUT2D eigenvalue weighted by atomic mass is 16.5. The predicted molar refractivity (Wildman–Crippen MR) is 52.7 cm³/mol. The zero-order valence-corrected chi connectivity index (χ0v) is 8.06. The van der Waals surface area contributed by atoms with Gasteiger partial charge in [0.15, 0.2) is 0 Å². The van der Waals surface area contributed by atoms with Crippen LogP contribution in [0.3, 0.4) is 0 Å². The monoisotopic (exact) mass is 195 g/mol.